The summed E-state index contributed by atoms with van der Waals surface area (Å²) in [6, 6.07) is 16.1. The van der Waals surface area contributed by atoms with Crippen molar-refractivity contribution < 1.29 is 9.53 Å². The molecule has 0 fully saturated rings. The molecule has 0 saturated carbocycles. The number of H-pyrrole nitrogens is 1. The molecule has 0 spiro atoms. The van der Waals surface area contributed by atoms with Gasteiger partial charge in [-0.15, -0.1) is 0 Å². The lowest BCUT2D eigenvalue weighted by atomic mass is 10.0. The number of aromatic amines is 1. The van der Waals surface area contributed by atoms with Gasteiger partial charge in [0.05, 0.1) is 22.2 Å². The van der Waals surface area contributed by atoms with Gasteiger partial charge in [0.15, 0.2) is 0 Å². The first kappa shape index (κ1) is 18.9. The summed E-state index contributed by atoms with van der Waals surface area (Å²) in [6.07, 6.45) is 0. The number of ether oxygens (including phenoxy) is 1. The molecule has 1 aliphatic rings. The summed E-state index contributed by atoms with van der Waals surface area (Å²) in [5.41, 5.74) is 5.82. The molecular formula is C23H21BrN4O2. The maximum atomic E-state index is 13.1. The molecule has 1 amide bonds. The Bertz CT molecular complexity index is 1270. The minimum Gasteiger partial charge on any atom is -0.491 e. The molecular weight excluding hydrogens is 444 g/mol. The molecule has 0 saturated heterocycles. The highest BCUT2D eigenvalue weighted by Gasteiger charge is 2.23. The van der Waals surface area contributed by atoms with Crippen molar-refractivity contribution in [2.75, 3.05) is 13.2 Å². The molecule has 2 aromatic heterocycles. The number of fused-ring (bicyclic) bond motifs is 2. The molecule has 5 rings (SSSR count). The van der Waals surface area contributed by atoms with Crippen molar-refractivity contribution in [1.29, 1.82) is 0 Å². The second kappa shape index (κ2) is 7.32. The van der Waals surface area contributed by atoms with Gasteiger partial charge in [-0.05, 0) is 70.4 Å². The first-order chi connectivity index (χ1) is 14.5. The standard InChI is InChI=1S/C23H21BrN4O2/c1-14-25-18-5-3-16(12-19(18)26-14)15-4-7-21-17(11-15)13-28(9-10-30-21)23(29)20-6-8-22(24)27(20)2/h3-8,11-12H,9-10,13H2,1-2H3,(H,25,26). The zero-order valence-corrected chi connectivity index (χ0v) is 18.4. The zero-order valence-electron chi connectivity index (χ0n) is 16.8. The monoisotopic (exact) mass is 464 g/mol. The van der Waals surface area contributed by atoms with E-state index in [9.17, 15) is 4.79 Å². The molecule has 30 heavy (non-hydrogen) atoms. The van der Waals surface area contributed by atoms with Crippen molar-refractivity contribution in [3.8, 4) is 16.9 Å². The van der Waals surface area contributed by atoms with Crippen LogP contribution in [0.25, 0.3) is 22.2 Å². The van der Waals surface area contributed by atoms with Gasteiger partial charge < -0.3 is 19.2 Å². The van der Waals surface area contributed by atoms with Gasteiger partial charge in [-0.25, -0.2) is 4.98 Å². The molecule has 0 aliphatic carbocycles. The molecule has 2 aromatic carbocycles. The Morgan fingerprint density at radius 1 is 1.13 bits per heavy atom. The number of rotatable bonds is 2. The average molecular weight is 465 g/mol. The number of benzene rings is 2. The smallest absolute Gasteiger partial charge is 0.270 e. The van der Waals surface area contributed by atoms with Crippen molar-refractivity contribution in [2.45, 2.75) is 13.5 Å². The van der Waals surface area contributed by atoms with Gasteiger partial charge in [0.2, 0.25) is 0 Å². The van der Waals surface area contributed by atoms with Gasteiger partial charge in [-0.3, -0.25) is 4.79 Å². The molecule has 1 aliphatic heterocycles. The molecule has 7 heteroatoms. The number of amides is 1. The van der Waals surface area contributed by atoms with Gasteiger partial charge in [-0.1, -0.05) is 12.1 Å². The quantitative estimate of drug-likeness (QED) is 0.468. The first-order valence-electron chi connectivity index (χ1n) is 9.82. The predicted octanol–water partition coefficient (Wildman–Crippen LogP) is 4.67. The number of carbonyl (C=O) groups excluding carboxylic acids is 1. The Balaban J connectivity index is 1.48. The summed E-state index contributed by atoms with van der Waals surface area (Å²) < 4.78 is 8.67. The van der Waals surface area contributed by atoms with Crippen LogP contribution in [-0.2, 0) is 13.6 Å². The van der Waals surface area contributed by atoms with Crippen LogP contribution in [0.4, 0.5) is 0 Å². The molecule has 6 nitrogen and oxygen atoms in total. The highest BCUT2D eigenvalue weighted by Crippen LogP contribution is 2.31. The van der Waals surface area contributed by atoms with E-state index in [-0.39, 0.29) is 5.91 Å². The fraction of sp³-hybridized carbons (Fsp3) is 0.217. The minimum atomic E-state index is -0.000548. The van der Waals surface area contributed by atoms with Gasteiger partial charge in [0, 0.05) is 19.2 Å². The third-order valence-electron chi connectivity index (χ3n) is 5.54. The Morgan fingerprint density at radius 2 is 1.93 bits per heavy atom. The fourth-order valence-corrected chi connectivity index (χ4v) is 4.25. The summed E-state index contributed by atoms with van der Waals surface area (Å²) in [6.45, 7) is 3.49. The lowest BCUT2D eigenvalue weighted by Gasteiger charge is -2.20. The maximum Gasteiger partial charge on any atom is 0.270 e. The lowest BCUT2D eigenvalue weighted by molar-refractivity contribution is 0.0723. The average Bonchev–Trinajstić information content (AvgIpc) is 3.18. The Labute approximate surface area is 182 Å². The molecule has 0 atom stereocenters. The van der Waals surface area contributed by atoms with E-state index < -0.39 is 0 Å². The van der Waals surface area contributed by atoms with Crippen molar-refractivity contribution in [3.05, 3.63) is 70.2 Å². The normalized spacial score (nSPS) is 13.8. The van der Waals surface area contributed by atoms with E-state index >= 15 is 0 Å². The number of hydrogen-bond donors (Lipinski definition) is 1. The third-order valence-corrected chi connectivity index (χ3v) is 6.34. The van der Waals surface area contributed by atoms with Crippen molar-refractivity contribution >= 4 is 32.9 Å². The summed E-state index contributed by atoms with van der Waals surface area (Å²) in [7, 11) is 1.88. The topological polar surface area (TPSA) is 63.1 Å². The van der Waals surface area contributed by atoms with Crippen LogP contribution in [-0.4, -0.2) is 38.5 Å². The number of aryl methyl sites for hydroxylation is 1. The van der Waals surface area contributed by atoms with E-state index in [0.29, 0.717) is 25.4 Å². The Kier molecular flexibility index (Phi) is 4.62. The lowest BCUT2D eigenvalue weighted by Crippen LogP contribution is -2.33. The van der Waals surface area contributed by atoms with Crippen molar-refractivity contribution in [1.82, 2.24) is 19.4 Å². The molecule has 0 bridgehead atoms. The van der Waals surface area contributed by atoms with E-state index in [4.69, 9.17) is 4.74 Å². The molecule has 152 valence electrons. The van der Waals surface area contributed by atoms with Gasteiger partial charge >= 0.3 is 0 Å². The second-order valence-corrected chi connectivity index (χ2v) is 8.36. The van der Waals surface area contributed by atoms with E-state index in [1.54, 1.807) is 0 Å². The molecule has 3 heterocycles. The molecule has 0 unspecified atom stereocenters. The summed E-state index contributed by atoms with van der Waals surface area (Å²) >= 11 is 3.46. The van der Waals surface area contributed by atoms with Gasteiger partial charge in [0.1, 0.15) is 23.9 Å². The maximum absolute atomic E-state index is 13.1. The number of imidazole rings is 1. The number of nitrogens with one attached hydrogen (secondary N) is 1. The van der Waals surface area contributed by atoms with Crippen LogP contribution in [0.1, 0.15) is 21.9 Å². The Morgan fingerprint density at radius 3 is 2.73 bits per heavy atom. The Hall–Kier alpha value is -3.06. The minimum absolute atomic E-state index is 0.000548. The van der Waals surface area contributed by atoms with E-state index in [2.05, 4.69) is 50.2 Å². The first-order valence-corrected chi connectivity index (χ1v) is 10.6. The predicted molar refractivity (Wildman–Crippen MR) is 120 cm³/mol. The number of carbonyl (C=O) groups is 1. The highest BCUT2D eigenvalue weighted by molar-refractivity contribution is 9.10. The fourth-order valence-electron chi connectivity index (χ4n) is 3.93. The van der Waals surface area contributed by atoms with Crippen molar-refractivity contribution in [3.63, 3.8) is 0 Å². The molecule has 1 N–H and O–H groups in total. The van der Waals surface area contributed by atoms with Crippen LogP contribution in [0.2, 0.25) is 0 Å². The summed E-state index contributed by atoms with van der Waals surface area (Å²) in [5.74, 6) is 1.74. The van der Waals surface area contributed by atoms with Crippen LogP contribution in [0.15, 0.2) is 53.1 Å². The van der Waals surface area contributed by atoms with Crippen molar-refractivity contribution in [2.24, 2.45) is 7.05 Å². The molecule has 0 radical (unpaired) electrons. The van der Waals surface area contributed by atoms with E-state index in [0.717, 1.165) is 43.9 Å². The zero-order chi connectivity index (χ0) is 20.8. The number of aromatic nitrogens is 3. The summed E-state index contributed by atoms with van der Waals surface area (Å²) in [4.78, 5) is 22.7. The van der Waals surface area contributed by atoms with Crippen LogP contribution < -0.4 is 4.74 Å². The van der Waals surface area contributed by atoms with Crippen LogP contribution >= 0.6 is 15.9 Å². The molecule has 4 aromatic rings. The summed E-state index contributed by atoms with van der Waals surface area (Å²) in [5, 5.41) is 0. The van der Waals surface area contributed by atoms with Gasteiger partial charge in [0.25, 0.3) is 5.91 Å². The second-order valence-electron chi connectivity index (χ2n) is 7.55. The number of halogens is 1. The number of nitrogens with zero attached hydrogens (tertiary/aromatic N) is 3. The largest absolute Gasteiger partial charge is 0.491 e. The van der Waals surface area contributed by atoms with Gasteiger partial charge in [-0.2, -0.15) is 0 Å². The third kappa shape index (κ3) is 3.29. The number of hydrogen-bond acceptors (Lipinski definition) is 3. The van der Waals surface area contributed by atoms with Crippen LogP contribution in [0.5, 0.6) is 5.75 Å². The van der Waals surface area contributed by atoms with Crippen LogP contribution in [0, 0.1) is 6.92 Å². The highest BCUT2D eigenvalue weighted by atomic mass is 79.9. The van der Waals surface area contributed by atoms with E-state index in [1.807, 2.05) is 47.7 Å². The SMILES string of the molecule is Cc1nc2ccc(-c3ccc4c(c3)CN(C(=O)c3ccc(Br)n3C)CCO4)cc2[nH]1. The van der Waals surface area contributed by atoms with Crippen LogP contribution in [0.3, 0.4) is 0 Å². The van der Waals surface area contributed by atoms with E-state index in [1.165, 1.54) is 0 Å².